The zero-order chi connectivity index (χ0) is 12.3. The van der Waals surface area contributed by atoms with Gasteiger partial charge in [-0.15, -0.1) is 0 Å². The van der Waals surface area contributed by atoms with Gasteiger partial charge in [-0.3, -0.25) is 0 Å². The molecule has 1 aromatic carbocycles. The topological polar surface area (TPSA) is 48.1 Å². The lowest BCUT2D eigenvalue weighted by Gasteiger charge is -2.09. The second kappa shape index (κ2) is 5.38. The van der Waals surface area contributed by atoms with Gasteiger partial charge in [0.15, 0.2) is 0 Å². The first-order valence-electron chi connectivity index (χ1n) is 5.42. The van der Waals surface area contributed by atoms with Crippen LogP contribution in [0.4, 0.5) is 0 Å². The fraction of sp³-hybridized carbons (Fsp3) is 0.417. The van der Waals surface area contributed by atoms with Gasteiger partial charge in [0.2, 0.25) is 0 Å². The van der Waals surface area contributed by atoms with Gasteiger partial charge in [0, 0.05) is 0 Å². The minimum Gasteiger partial charge on any atom is -0.489 e. The van der Waals surface area contributed by atoms with Crippen LogP contribution in [-0.2, 0) is 9.47 Å². The van der Waals surface area contributed by atoms with Crippen molar-refractivity contribution in [3.63, 3.8) is 0 Å². The van der Waals surface area contributed by atoms with Crippen molar-refractivity contribution in [3.05, 3.63) is 28.8 Å². The number of hydrogen-bond donors (Lipinski definition) is 0. The molecule has 1 unspecified atom stereocenters. The Morgan fingerprint density at radius 1 is 1.59 bits per heavy atom. The number of hydrogen-bond acceptors (Lipinski definition) is 4. The van der Waals surface area contributed by atoms with Gasteiger partial charge in [-0.25, -0.2) is 4.79 Å². The monoisotopic (exact) mass is 256 g/mol. The van der Waals surface area contributed by atoms with E-state index < -0.39 is 5.97 Å². The number of benzene rings is 1. The Labute approximate surface area is 104 Å². The van der Waals surface area contributed by atoms with Crippen LogP contribution in [0.25, 0.3) is 0 Å². The number of carbonyl (C=O) groups excluding carboxylic acids is 1. The van der Waals surface area contributed by atoms with Crippen molar-refractivity contribution in [1.29, 1.82) is 0 Å². The molecule has 17 heavy (non-hydrogen) atoms. The largest absolute Gasteiger partial charge is 0.489 e. The highest BCUT2D eigenvalue weighted by atomic mass is 35.5. The summed E-state index contributed by atoms with van der Waals surface area (Å²) in [6.07, 6.45) is 0.150. The van der Waals surface area contributed by atoms with Gasteiger partial charge in [-0.2, -0.15) is 0 Å². The summed E-state index contributed by atoms with van der Waals surface area (Å²) in [5.41, 5.74) is 0.322. The summed E-state index contributed by atoms with van der Waals surface area (Å²) in [5.74, 6) is 0.0401. The van der Waals surface area contributed by atoms with Gasteiger partial charge in [-0.1, -0.05) is 17.7 Å². The second-order valence-electron chi connectivity index (χ2n) is 3.60. The van der Waals surface area contributed by atoms with Crippen molar-refractivity contribution < 1.29 is 19.0 Å². The summed E-state index contributed by atoms with van der Waals surface area (Å²) in [4.78, 5) is 11.6. The van der Waals surface area contributed by atoms with E-state index >= 15 is 0 Å². The standard InChI is InChI=1S/C12H13ClO4/c1-2-15-12(14)9-4-3-5-10(11(9)13)17-7-8-6-16-8/h3-5,8H,2,6-7H2,1H3. The van der Waals surface area contributed by atoms with E-state index in [1.54, 1.807) is 25.1 Å². The molecule has 0 aromatic heterocycles. The molecule has 0 amide bonds. The average molecular weight is 257 g/mol. The molecule has 1 aliphatic rings. The van der Waals surface area contributed by atoms with Crippen LogP contribution in [0.2, 0.25) is 5.02 Å². The van der Waals surface area contributed by atoms with Gasteiger partial charge in [0.05, 0.1) is 23.8 Å². The Balaban J connectivity index is 2.10. The maximum atomic E-state index is 11.6. The SMILES string of the molecule is CCOC(=O)c1cccc(OCC2CO2)c1Cl. The normalized spacial score (nSPS) is 17.6. The first-order chi connectivity index (χ1) is 8.22. The van der Waals surface area contributed by atoms with Crippen LogP contribution in [0.1, 0.15) is 17.3 Å². The summed E-state index contributed by atoms with van der Waals surface area (Å²) in [5, 5.41) is 0.284. The van der Waals surface area contributed by atoms with Crippen molar-refractivity contribution in [2.24, 2.45) is 0 Å². The summed E-state index contributed by atoms with van der Waals surface area (Å²) in [6, 6.07) is 5.04. The molecule has 0 saturated carbocycles. The average Bonchev–Trinajstić information content (AvgIpc) is 3.12. The molecule has 1 fully saturated rings. The Bertz CT molecular complexity index is 415. The van der Waals surface area contributed by atoms with Crippen LogP contribution in [0.5, 0.6) is 5.75 Å². The fourth-order valence-corrected chi connectivity index (χ4v) is 1.59. The fourth-order valence-electron chi connectivity index (χ4n) is 1.34. The summed E-state index contributed by atoms with van der Waals surface area (Å²) < 4.78 is 15.4. The van der Waals surface area contributed by atoms with Gasteiger partial charge in [-0.05, 0) is 19.1 Å². The molecule has 0 bridgehead atoms. The molecular weight excluding hydrogens is 244 g/mol. The van der Waals surface area contributed by atoms with E-state index in [9.17, 15) is 4.79 Å². The molecule has 4 nitrogen and oxygen atoms in total. The summed E-state index contributed by atoms with van der Waals surface area (Å²) >= 11 is 6.08. The van der Waals surface area contributed by atoms with Crippen molar-refractivity contribution in [2.75, 3.05) is 19.8 Å². The first kappa shape index (κ1) is 12.2. The van der Waals surface area contributed by atoms with E-state index in [1.807, 2.05) is 0 Å². The van der Waals surface area contributed by atoms with Crippen LogP contribution >= 0.6 is 11.6 Å². The highest BCUT2D eigenvalue weighted by Gasteiger charge is 2.24. The zero-order valence-corrected chi connectivity index (χ0v) is 10.2. The number of epoxide rings is 1. The Kier molecular flexibility index (Phi) is 3.86. The molecule has 0 radical (unpaired) electrons. The van der Waals surface area contributed by atoms with Crippen LogP contribution in [0.15, 0.2) is 18.2 Å². The predicted molar refractivity (Wildman–Crippen MR) is 62.6 cm³/mol. The van der Waals surface area contributed by atoms with Crippen molar-refractivity contribution in [1.82, 2.24) is 0 Å². The quantitative estimate of drug-likeness (QED) is 0.599. The number of carbonyl (C=O) groups is 1. The number of esters is 1. The van der Waals surface area contributed by atoms with Gasteiger partial charge >= 0.3 is 5.97 Å². The van der Waals surface area contributed by atoms with Gasteiger partial charge < -0.3 is 14.2 Å². The third kappa shape index (κ3) is 3.11. The number of rotatable bonds is 5. The van der Waals surface area contributed by atoms with Gasteiger partial charge in [0.25, 0.3) is 0 Å². The van der Waals surface area contributed by atoms with Crippen molar-refractivity contribution in [3.8, 4) is 5.75 Å². The third-order valence-electron chi connectivity index (χ3n) is 2.29. The lowest BCUT2D eigenvalue weighted by Crippen LogP contribution is -2.08. The van der Waals surface area contributed by atoms with Gasteiger partial charge in [0.1, 0.15) is 18.5 Å². The van der Waals surface area contributed by atoms with Crippen LogP contribution in [-0.4, -0.2) is 31.9 Å². The highest BCUT2D eigenvalue weighted by Crippen LogP contribution is 2.29. The van der Waals surface area contributed by atoms with Crippen LogP contribution < -0.4 is 4.74 Å². The predicted octanol–water partition coefficient (Wildman–Crippen LogP) is 2.29. The number of ether oxygens (including phenoxy) is 3. The van der Waals surface area contributed by atoms with E-state index in [1.165, 1.54) is 0 Å². The third-order valence-corrected chi connectivity index (χ3v) is 2.68. The molecule has 2 rings (SSSR count). The van der Waals surface area contributed by atoms with E-state index in [-0.39, 0.29) is 11.1 Å². The minimum atomic E-state index is -0.439. The van der Waals surface area contributed by atoms with E-state index in [4.69, 9.17) is 25.8 Å². The Morgan fingerprint density at radius 3 is 3.00 bits per heavy atom. The van der Waals surface area contributed by atoms with E-state index in [0.29, 0.717) is 24.5 Å². The molecular formula is C12H13ClO4. The summed E-state index contributed by atoms with van der Waals surface area (Å²) in [7, 11) is 0. The molecule has 1 aliphatic heterocycles. The zero-order valence-electron chi connectivity index (χ0n) is 9.44. The Hall–Kier alpha value is -1.26. The molecule has 1 atom stereocenters. The smallest absolute Gasteiger partial charge is 0.339 e. The number of halogens is 1. The molecule has 0 N–H and O–H groups in total. The first-order valence-corrected chi connectivity index (χ1v) is 5.80. The highest BCUT2D eigenvalue weighted by molar-refractivity contribution is 6.35. The van der Waals surface area contributed by atoms with Crippen molar-refractivity contribution >= 4 is 17.6 Å². The second-order valence-corrected chi connectivity index (χ2v) is 3.98. The van der Waals surface area contributed by atoms with E-state index in [0.717, 1.165) is 6.61 Å². The molecule has 1 saturated heterocycles. The molecule has 0 spiro atoms. The molecule has 5 heteroatoms. The maximum absolute atomic E-state index is 11.6. The van der Waals surface area contributed by atoms with Crippen LogP contribution in [0.3, 0.4) is 0 Å². The maximum Gasteiger partial charge on any atom is 0.339 e. The molecule has 92 valence electrons. The minimum absolute atomic E-state index is 0.150. The molecule has 0 aliphatic carbocycles. The lowest BCUT2D eigenvalue weighted by molar-refractivity contribution is 0.0526. The molecule has 1 heterocycles. The van der Waals surface area contributed by atoms with E-state index in [2.05, 4.69) is 0 Å². The Morgan fingerprint density at radius 2 is 2.35 bits per heavy atom. The van der Waals surface area contributed by atoms with Crippen molar-refractivity contribution in [2.45, 2.75) is 13.0 Å². The molecule has 1 aromatic rings. The van der Waals surface area contributed by atoms with Crippen LogP contribution in [0, 0.1) is 0 Å². The lowest BCUT2D eigenvalue weighted by atomic mass is 10.2. The summed E-state index contributed by atoms with van der Waals surface area (Å²) in [6.45, 7) is 3.23.